The molecule has 0 saturated carbocycles. The van der Waals surface area contributed by atoms with E-state index in [0.29, 0.717) is 0 Å². The van der Waals surface area contributed by atoms with Gasteiger partial charge in [0.05, 0.1) is 0 Å². The first-order chi connectivity index (χ1) is 6.31. The van der Waals surface area contributed by atoms with Gasteiger partial charge in [-0.15, -0.1) is 0 Å². The molecule has 0 aromatic carbocycles. The van der Waals surface area contributed by atoms with E-state index >= 15 is 0 Å². The number of unbranched alkanes of at least 4 members (excludes halogenated alkanes) is 1. The van der Waals surface area contributed by atoms with Gasteiger partial charge >= 0.3 is 0 Å². The molecular formula is C10H23NOS. The van der Waals surface area contributed by atoms with Crippen molar-refractivity contribution in [1.82, 2.24) is 5.32 Å². The van der Waals surface area contributed by atoms with Crippen molar-refractivity contribution in [2.24, 2.45) is 5.92 Å². The van der Waals surface area contributed by atoms with Crippen LogP contribution in [0.15, 0.2) is 0 Å². The molecule has 0 heterocycles. The molecule has 2 nitrogen and oxygen atoms in total. The molecule has 80 valence electrons. The molecule has 0 aliphatic carbocycles. The molecule has 0 saturated heterocycles. The van der Waals surface area contributed by atoms with Gasteiger partial charge in [0.15, 0.2) is 0 Å². The zero-order valence-corrected chi connectivity index (χ0v) is 9.95. The lowest BCUT2D eigenvalue weighted by molar-refractivity contribution is 0.192. The largest absolute Gasteiger partial charge is 0.385 e. The van der Waals surface area contributed by atoms with E-state index in [-0.39, 0.29) is 0 Å². The Kier molecular flexibility index (Phi) is 10.6. The van der Waals surface area contributed by atoms with Crippen LogP contribution in [-0.2, 0) is 4.74 Å². The second-order valence-corrected chi connectivity index (χ2v) is 4.38. The van der Waals surface area contributed by atoms with Crippen LogP contribution < -0.4 is 5.32 Å². The van der Waals surface area contributed by atoms with E-state index in [4.69, 9.17) is 4.74 Å². The molecule has 1 N–H and O–H groups in total. The normalized spacial score (nSPS) is 13.2. The average molecular weight is 205 g/mol. The summed E-state index contributed by atoms with van der Waals surface area (Å²) in [5, 5.41) is 3.46. The van der Waals surface area contributed by atoms with Gasteiger partial charge in [0.1, 0.15) is 0 Å². The van der Waals surface area contributed by atoms with Crippen molar-refractivity contribution in [3.8, 4) is 0 Å². The fourth-order valence-corrected chi connectivity index (χ4v) is 1.88. The third-order valence-corrected chi connectivity index (χ3v) is 2.80. The van der Waals surface area contributed by atoms with Crippen molar-refractivity contribution in [3.05, 3.63) is 0 Å². The van der Waals surface area contributed by atoms with Crippen molar-refractivity contribution in [2.75, 3.05) is 38.8 Å². The second-order valence-electron chi connectivity index (χ2n) is 3.46. The van der Waals surface area contributed by atoms with Gasteiger partial charge in [-0.25, -0.2) is 0 Å². The minimum absolute atomic E-state index is 0.789. The molecule has 0 amide bonds. The molecule has 0 aliphatic rings. The first-order valence-electron chi connectivity index (χ1n) is 4.99. The summed E-state index contributed by atoms with van der Waals surface area (Å²) in [6.07, 6.45) is 4.55. The maximum Gasteiger partial charge on any atom is 0.0462 e. The van der Waals surface area contributed by atoms with Gasteiger partial charge in [0.25, 0.3) is 0 Å². The Balaban J connectivity index is 2.97. The molecule has 1 atom stereocenters. The standard InChI is InChI=1S/C10H23NOS/c1-10(9-13-3)8-11-6-4-5-7-12-2/h10-11H,4-9H2,1-3H3. The Morgan fingerprint density at radius 2 is 2.15 bits per heavy atom. The van der Waals surface area contributed by atoms with E-state index in [1.807, 2.05) is 11.8 Å². The molecule has 0 fully saturated rings. The maximum atomic E-state index is 4.98. The monoisotopic (exact) mass is 205 g/mol. The van der Waals surface area contributed by atoms with Crippen LogP contribution in [0.1, 0.15) is 19.8 Å². The Morgan fingerprint density at radius 3 is 2.77 bits per heavy atom. The fraction of sp³-hybridized carbons (Fsp3) is 1.00. The van der Waals surface area contributed by atoms with E-state index in [0.717, 1.165) is 25.6 Å². The van der Waals surface area contributed by atoms with Crippen molar-refractivity contribution in [2.45, 2.75) is 19.8 Å². The molecule has 0 spiro atoms. The van der Waals surface area contributed by atoms with Crippen LogP contribution in [0.2, 0.25) is 0 Å². The molecule has 0 aliphatic heterocycles. The first-order valence-corrected chi connectivity index (χ1v) is 6.39. The Hall–Kier alpha value is 0.270. The number of nitrogens with one attached hydrogen (secondary N) is 1. The van der Waals surface area contributed by atoms with Crippen LogP contribution in [-0.4, -0.2) is 38.8 Å². The number of methoxy groups -OCH3 is 1. The fourth-order valence-electron chi connectivity index (χ4n) is 1.19. The minimum Gasteiger partial charge on any atom is -0.385 e. The summed E-state index contributed by atoms with van der Waals surface area (Å²) in [6, 6.07) is 0. The van der Waals surface area contributed by atoms with Crippen molar-refractivity contribution in [1.29, 1.82) is 0 Å². The number of ether oxygens (including phenoxy) is 1. The minimum atomic E-state index is 0.789. The molecule has 0 aromatic heterocycles. The van der Waals surface area contributed by atoms with E-state index in [2.05, 4.69) is 18.5 Å². The lowest BCUT2D eigenvalue weighted by atomic mass is 10.2. The number of thioether (sulfide) groups is 1. The highest BCUT2D eigenvalue weighted by Gasteiger charge is 1.98. The SMILES string of the molecule is COCCCCNCC(C)CSC. The van der Waals surface area contributed by atoms with E-state index in [1.165, 1.54) is 18.6 Å². The van der Waals surface area contributed by atoms with Crippen LogP contribution in [0.3, 0.4) is 0 Å². The van der Waals surface area contributed by atoms with Crippen molar-refractivity contribution >= 4 is 11.8 Å². The lowest BCUT2D eigenvalue weighted by Gasteiger charge is -2.10. The van der Waals surface area contributed by atoms with Gasteiger partial charge < -0.3 is 10.1 Å². The zero-order valence-electron chi connectivity index (χ0n) is 9.14. The first kappa shape index (κ1) is 13.3. The summed E-state index contributed by atoms with van der Waals surface area (Å²) in [7, 11) is 1.76. The predicted octanol–water partition coefficient (Wildman–Crippen LogP) is 2.00. The molecule has 0 aromatic rings. The third-order valence-electron chi connectivity index (χ3n) is 1.90. The summed E-state index contributed by atoms with van der Waals surface area (Å²) in [5.74, 6) is 2.04. The molecular weight excluding hydrogens is 182 g/mol. The molecule has 0 radical (unpaired) electrons. The van der Waals surface area contributed by atoms with Crippen molar-refractivity contribution < 1.29 is 4.74 Å². The van der Waals surface area contributed by atoms with Crippen molar-refractivity contribution in [3.63, 3.8) is 0 Å². The van der Waals surface area contributed by atoms with Gasteiger partial charge in [-0.1, -0.05) is 6.92 Å². The van der Waals surface area contributed by atoms with E-state index in [9.17, 15) is 0 Å². The quantitative estimate of drug-likeness (QED) is 0.582. The predicted molar refractivity (Wildman–Crippen MR) is 61.5 cm³/mol. The second kappa shape index (κ2) is 10.4. The summed E-state index contributed by atoms with van der Waals surface area (Å²) >= 11 is 1.92. The highest BCUT2D eigenvalue weighted by atomic mass is 32.2. The van der Waals surface area contributed by atoms with Gasteiger partial charge in [0, 0.05) is 13.7 Å². The number of hydrogen-bond acceptors (Lipinski definition) is 3. The zero-order chi connectivity index (χ0) is 9.94. The molecule has 3 heteroatoms. The maximum absolute atomic E-state index is 4.98. The van der Waals surface area contributed by atoms with E-state index in [1.54, 1.807) is 7.11 Å². The lowest BCUT2D eigenvalue weighted by Crippen LogP contribution is -2.23. The van der Waals surface area contributed by atoms with Gasteiger partial charge in [-0.2, -0.15) is 11.8 Å². The Bertz CT molecular complexity index is 101. The highest BCUT2D eigenvalue weighted by molar-refractivity contribution is 7.98. The summed E-state index contributed by atoms with van der Waals surface area (Å²) < 4.78 is 4.98. The molecule has 0 rings (SSSR count). The van der Waals surface area contributed by atoms with Gasteiger partial charge in [-0.3, -0.25) is 0 Å². The number of hydrogen-bond donors (Lipinski definition) is 1. The van der Waals surface area contributed by atoms with Gasteiger partial charge in [0.2, 0.25) is 0 Å². The molecule has 0 bridgehead atoms. The Labute approximate surface area is 86.8 Å². The third kappa shape index (κ3) is 10.2. The summed E-state index contributed by atoms with van der Waals surface area (Å²) in [6.45, 7) is 5.45. The summed E-state index contributed by atoms with van der Waals surface area (Å²) in [5.41, 5.74) is 0. The summed E-state index contributed by atoms with van der Waals surface area (Å²) in [4.78, 5) is 0. The topological polar surface area (TPSA) is 21.3 Å². The van der Waals surface area contributed by atoms with E-state index < -0.39 is 0 Å². The van der Waals surface area contributed by atoms with Crippen LogP contribution >= 0.6 is 11.8 Å². The smallest absolute Gasteiger partial charge is 0.0462 e. The molecule has 1 unspecified atom stereocenters. The van der Waals surface area contributed by atoms with Crippen LogP contribution in [0, 0.1) is 5.92 Å². The molecule has 13 heavy (non-hydrogen) atoms. The van der Waals surface area contributed by atoms with Gasteiger partial charge in [-0.05, 0) is 43.9 Å². The van der Waals surface area contributed by atoms with Crippen LogP contribution in [0.5, 0.6) is 0 Å². The number of rotatable bonds is 9. The van der Waals surface area contributed by atoms with Crippen LogP contribution in [0.25, 0.3) is 0 Å². The van der Waals surface area contributed by atoms with Crippen LogP contribution in [0.4, 0.5) is 0 Å². The Morgan fingerprint density at radius 1 is 1.38 bits per heavy atom. The average Bonchev–Trinajstić information content (AvgIpc) is 2.11. The highest BCUT2D eigenvalue weighted by Crippen LogP contribution is 2.02.